The average molecular weight is 351 g/mol. The zero-order valence-electron chi connectivity index (χ0n) is 14.6. The molecule has 0 bridgehead atoms. The lowest BCUT2D eigenvalue weighted by molar-refractivity contribution is -0.135. The van der Waals surface area contributed by atoms with E-state index < -0.39 is 0 Å². The van der Waals surface area contributed by atoms with Gasteiger partial charge in [0, 0.05) is 38.6 Å². The molecule has 1 atom stereocenters. The molecule has 1 aliphatic carbocycles. The molecule has 2 aliphatic rings. The van der Waals surface area contributed by atoms with Crippen molar-refractivity contribution >= 4 is 17.5 Å². The van der Waals surface area contributed by atoms with Crippen molar-refractivity contribution in [2.24, 2.45) is 5.92 Å². The van der Waals surface area contributed by atoms with E-state index in [1.807, 2.05) is 24.3 Å². The Balaban J connectivity index is 1.46. The second-order valence-electron chi connectivity index (χ2n) is 7.38. The molecule has 1 aliphatic heterocycles. The first-order chi connectivity index (χ1) is 11.5. The van der Waals surface area contributed by atoms with Gasteiger partial charge in [-0.3, -0.25) is 9.69 Å². The van der Waals surface area contributed by atoms with Gasteiger partial charge in [0.25, 0.3) is 0 Å². The number of amides is 1. The molecule has 1 saturated carbocycles. The summed E-state index contributed by atoms with van der Waals surface area (Å²) in [5.74, 6) is 1.49. The molecule has 1 saturated heterocycles. The molecule has 0 N–H and O–H groups in total. The number of rotatable bonds is 4. The first-order valence-electron chi connectivity index (χ1n) is 8.98. The lowest BCUT2D eigenvalue weighted by Gasteiger charge is -2.41. The highest BCUT2D eigenvalue weighted by Crippen LogP contribution is 2.34. The van der Waals surface area contributed by atoms with Crippen molar-refractivity contribution in [1.82, 2.24) is 19.8 Å². The Kier molecular flexibility index (Phi) is 5.72. The monoisotopic (exact) mass is 350 g/mol. The third-order valence-electron chi connectivity index (χ3n) is 5.72. The number of aromatic nitrogens is 2. The van der Waals surface area contributed by atoms with Crippen molar-refractivity contribution in [3.63, 3.8) is 0 Å². The number of carbonyl (C=O) groups is 1. The summed E-state index contributed by atoms with van der Waals surface area (Å²) >= 11 is 5.76. The van der Waals surface area contributed by atoms with Crippen molar-refractivity contribution in [3.8, 4) is 0 Å². The minimum atomic E-state index is 0.264. The summed E-state index contributed by atoms with van der Waals surface area (Å²) in [7, 11) is 1.90. The van der Waals surface area contributed by atoms with Crippen molar-refractivity contribution in [3.05, 3.63) is 23.2 Å². The molecular formula is C18H27ClN4O. The van der Waals surface area contributed by atoms with Gasteiger partial charge in [0.1, 0.15) is 0 Å². The third-order valence-corrected chi connectivity index (χ3v) is 5.91. The topological polar surface area (TPSA) is 49.3 Å². The van der Waals surface area contributed by atoms with Crippen LogP contribution < -0.4 is 0 Å². The fraction of sp³-hybridized carbons (Fsp3) is 0.722. The van der Waals surface area contributed by atoms with Crippen LogP contribution in [0.25, 0.3) is 0 Å². The van der Waals surface area contributed by atoms with Gasteiger partial charge in [0.05, 0.1) is 6.54 Å². The summed E-state index contributed by atoms with van der Waals surface area (Å²) in [6.45, 7) is 4.74. The van der Waals surface area contributed by atoms with E-state index in [9.17, 15) is 4.79 Å². The van der Waals surface area contributed by atoms with Gasteiger partial charge in [0.15, 0.2) is 0 Å². The molecule has 2 heterocycles. The highest BCUT2D eigenvalue weighted by molar-refractivity contribution is 6.28. The molecule has 1 aromatic heterocycles. The summed E-state index contributed by atoms with van der Waals surface area (Å²) in [6, 6.07) is 0.591. The standard InChI is InChI=1S/C18H27ClN4O/c1-13(15-10-20-18(19)21-11-15)9-14-3-5-16(6-4-14)23-8-7-22(2)17(24)12-23/h10-11,13-14,16H,3-9,12H2,1-2H3. The Morgan fingerprint density at radius 3 is 2.50 bits per heavy atom. The maximum atomic E-state index is 11.9. The Bertz CT molecular complexity index is 557. The van der Waals surface area contributed by atoms with Crippen LogP contribution in [0.3, 0.4) is 0 Å². The maximum Gasteiger partial charge on any atom is 0.236 e. The van der Waals surface area contributed by atoms with Gasteiger partial charge in [0.2, 0.25) is 11.2 Å². The molecule has 1 unspecified atom stereocenters. The minimum Gasteiger partial charge on any atom is -0.343 e. The number of hydrogen-bond acceptors (Lipinski definition) is 4. The molecule has 1 aromatic rings. The predicted molar refractivity (Wildman–Crippen MR) is 95.0 cm³/mol. The van der Waals surface area contributed by atoms with Crippen molar-refractivity contribution in [2.75, 3.05) is 26.7 Å². The fourth-order valence-electron chi connectivity index (χ4n) is 4.05. The Labute approximate surface area is 149 Å². The average Bonchev–Trinajstić information content (AvgIpc) is 2.58. The van der Waals surface area contributed by atoms with Crippen LogP contribution in [-0.4, -0.2) is 58.4 Å². The third kappa shape index (κ3) is 4.25. The van der Waals surface area contributed by atoms with E-state index in [1.165, 1.54) is 37.7 Å². The summed E-state index contributed by atoms with van der Waals surface area (Å²) < 4.78 is 0. The van der Waals surface area contributed by atoms with Gasteiger partial charge in [-0.05, 0) is 61.1 Å². The second-order valence-corrected chi connectivity index (χ2v) is 7.72. The zero-order chi connectivity index (χ0) is 17.1. The summed E-state index contributed by atoms with van der Waals surface area (Å²) in [5, 5.41) is 0.313. The van der Waals surface area contributed by atoms with Crippen LogP contribution >= 0.6 is 11.6 Å². The van der Waals surface area contributed by atoms with Crippen molar-refractivity contribution in [2.45, 2.75) is 51.0 Å². The van der Waals surface area contributed by atoms with Crippen LogP contribution in [0.15, 0.2) is 12.4 Å². The van der Waals surface area contributed by atoms with Crippen LogP contribution in [0.2, 0.25) is 5.28 Å². The van der Waals surface area contributed by atoms with E-state index in [4.69, 9.17) is 11.6 Å². The molecule has 132 valence electrons. The first kappa shape index (κ1) is 17.6. The Morgan fingerprint density at radius 2 is 1.88 bits per heavy atom. The Morgan fingerprint density at radius 1 is 1.21 bits per heavy atom. The van der Waals surface area contributed by atoms with Crippen molar-refractivity contribution < 1.29 is 4.79 Å². The summed E-state index contributed by atoms with van der Waals surface area (Å²) in [6.07, 6.45) is 9.81. The summed E-state index contributed by atoms with van der Waals surface area (Å²) in [4.78, 5) is 24.3. The first-order valence-corrected chi connectivity index (χ1v) is 9.36. The number of piperazine rings is 1. The molecule has 0 spiro atoms. The predicted octanol–water partition coefficient (Wildman–Crippen LogP) is 2.96. The number of hydrogen-bond donors (Lipinski definition) is 0. The van der Waals surface area contributed by atoms with E-state index in [-0.39, 0.29) is 5.91 Å². The van der Waals surface area contributed by atoms with Gasteiger partial charge >= 0.3 is 0 Å². The van der Waals surface area contributed by atoms with E-state index in [0.717, 1.165) is 19.0 Å². The van der Waals surface area contributed by atoms with Crippen LogP contribution in [0.4, 0.5) is 0 Å². The SMILES string of the molecule is CC(CC1CCC(N2CCN(C)C(=O)C2)CC1)c1cnc(Cl)nc1. The lowest BCUT2D eigenvalue weighted by atomic mass is 9.79. The van der Waals surface area contributed by atoms with E-state index in [1.54, 1.807) is 0 Å². The zero-order valence-corrected chi connectivity index (χ0v) is 15.4. The minimum absolute atomic E-state index is 0.264. The largest absolute Gasteiger partial charge is 0.343 e. The molecule has 0 radical (unpaired) electrons. The normalized spacial score (nSPS) is 27.3. The second kappa shape index (κ2) is 7.79. The highest BCUT2D eigenvalue weighted by atomic mass is 35.5. The molecule has 1 amide bonds. The van der Waals surface area contributed by atoms with Crippen LogP contribution in [-0.2, 0) is 4.79 Å². The maximum absolute atomic E-state index is 11.9. The van der Waals surface area contributed by atoms with E-state index in [2.05, 4.69) is 21.8 Å². The number of halogens is 1. The van der Waals surface area contributed by atoms with E-state index in [0.29, 0.717) is 23.8 Å². The van der Waals surface area contributed by atoms with Gasteiger partial charge in [-0.2, -0.15) is 0 Å². The number of carbonyl (C=O) groups excluding carboxylic acids is 1. The molecule has 3 rings (SSSR count). The van der Waals surface area contributed by atoms with Crippen molar-refractivity contribution in [1.29, 1.82) is 0 Å². The lowest BCUT2D eigenvalue weighted by Crippen LogP contribution is -2.52. The molecule has 2 fully saturated rings. The number of likely N-dealkylation sites (N-methyl/N-ethyl adjacent to an activating group) is 1. The molecular weight excluding hydrogens is 324 g/mol. The number of nitrogens with zero attached hydrogens (tertiary/aromatic N) is 4. The van der Waals surface area contributed by atoms with Gasteiger partial charge in [-0.15, -0.1) is 0 Å². The summed E-state index contributed by atoms with van der Waals surface area (Å²) in [5.41, 5.74) is 1.17. The molecule has 24 heavy (non-hydrogen) atoms. The molecule has 5 nitrogen and oxygen atoms in total. The molecule has 0 aromatic carbocycles. The highest BCUT2D eigenvalue weighted by Gasteiger charge is 2.30. The van der Waals surface area contributed by atoms with Crippen LogP contribution in [0.5, 0.6) is 0 Å². The quantitative estimate of drug-likeness (QED) is 0.783. The Hall–Kier alpha value is -1.20. The van der Waals surface area contributed by atoms with Gasteiger partial charge < -0.3 is 4.90 Å². The van der Waals surface area contributed by atoms with Crippen LogP contribution in [0, 0.1) is 5.92 Å². The smallest absolute Gasteiger partial charge is 0.236 e. The van der Waals surface area contributed by atoms with Gasteiger partial charge in [-0.25, -0.2) is 9.97 Å². The van der Waals surface area contributed by atoms with Crippen LogP contribution in [0.1, 0.15) is 50.5 Å². The molecule has 6 heteroatoms. The van der Waals surface area contributed by atoms with Gasteiger partial charge in [-0.1, -0.05) is 6.92 Å². The fourth-order valence-corrected chi connectivity index (χ4v) is 4.14. The van der Waals surface area contributed by atoms with E-state index >= 15 is 0 Å².